The van der Waals surface area contributed by atoms with E-state index in [1.165, 1.54) is 12.1 Å². The molecule has 164 valence electrons. The minimum atomic E-state index is -0.414. The Bertz CT molecular complexity index is 888. The predicted molar refractivity (Wildman–Crippen MR) is 114 cm³/mol. The highest BCUT2D eigenvalue weighted by Crippen LogP contribution is 2.45. The molecule has 4 rings (SSSR count). The van der Waals surface area contributed by atoms with Crippen molar-refractivity contribution in [3.05, 3.63) is 65.7 Å². The van der Waals surface area contributed by atoms with Crippen LogP contribution in [-0.4, -0.2) is 54.0 Å². The van der Waals surface area contributed by atoms with E-state index in [2.05, 4.69) is 27.8 Å². The SMILES string of the molecule is CC(N(C)C)N(CC1CC2CC(c3ccc(F)cc3)OC2O1)C(C#N)c1cccnc1. The van der Waals surface area contributed by atoms with E-state index in [1.54, 1.807) is 24.5 Å². The molecule has 31 heavy (non-hydrogen) atoms. The third-order valence-electron chi connectivity index (χ3n) is 6.43. The molecule has 0 bridgehead atoms. The monoisotopic (exact) mass is 424 g/mol. The summed E-state index contributed by atoms with van der Waals surface area (Å²) in [4.78, 5) is 8.46. The van der Waals surface area contributed by atoms with Crippen molar-refractivity contribution in [3.8, 4) is 6.07 Å². The van der Waals surface area contributed by atoms with Gasteiger partial charge in [0.25, 0.3) is 0 Å². The molecule has 1 aromatic heterocycles. The maximum atomic E-state index is 13.2. The van der Waals surface area contributed by atoms with Crippen LogP contribution in [0, 0.1) is 23.1 Å². The third-order valence-corrected chi connectivity index (χ3v) is 6.43. The molecule has 0 radical (unpaired) electrons. The number of pyridine rings is 1. The third kappa shape index (κ3) is 4.78. The summed E-state index contributed by atoms with van der Waals surface area (Å²) in [6.07, 6.45) is 4.93. The van der Waals surface area contributed by atoms with Crippen LogP contribution in [0.5, 0.6) is 0 Å². The van der Waals surface area contributed by atoms with Gasteiger partial charge in [0, 0.05) is 30.4 Å². The number of rotatable bonds is 7. The van der Waals surface area contributed by atoms with Gasteiger partial charge in [0.2, 0.25) is 0 Å². The first-order chi connectivity index (χ1) is 15.0. The summed E-state index contributed by atoms with van der Waals surface area (Å²) in [5, 5.41) is 9.97. The van der Waals surface area contributed by atoms with Crippen LogP contribution in [0.4, 0.5) is 4.39 Å². The Balaban J connectivity index is 1.44. The van der Waals surface area contributed by atoms with Crippen molar-refractivity contribution >= 4 is 0 Å². The highest BCUT2D eigenvalue weighted by Gasteiger charge is 2.45. The molecule has 3 heterocycles. The molecule has 0 N–H and O–H groups in total. The summed E-state index contributed by atoms with van der Waals surface area (Å²) in [6, 6.07) is 12.3. The second-order valence-corrected chi connectivity index (χ2v) is 8.64. The van der Waals surface area contributed by atoms with E-state index < -0.39 is 6.04 Å². The van der Waals surface area contributed by atoms with Crippen LogP contribution in [-0.2, 0) is 9.47 Å². The largest absolute Gasteiger partial charge is 0.348 e. The predicted octanol–water partition coefficient (Wildman–Crippen LogP) is 3.89. The van der Waals surface area contributed by atoms with Gasteiger partial charge in [0.05, 0.1) is 24.4 Å². The number of hydrogen-bond donors (Lipinski definition) is 0. The fraction of sp³-hybridized carbons (Fsp3) is 0.500. The zero-order valence-corrected chi connectivity index (χ0v) is 18.2. The molecule has 2 aliphatic rings. The van der Waals surface area contributed by atoms with Crippen molar-refractivity contribution in [1.82, 2.24) is 14.8 Å². The lowest BCUT2D eigenvalue weighted by molar-refractivity contribution is -0.146. The molecule has 2 aliphatic heterocycles. The Labute approximate surface area is 183 Å². The van der Waals surface area contributed by atoms with E-state index in [-0.39, 0.29) is 30.5 Å². The topological polar surface area (TPSA) is 61.6 Å². The zero-order valence-electron chi connectivity index (χ0n) is 18.2. The molecule has 6 atom stereocenters. The fourth-order valence-corrected chi connectivity index (χ4v) is 4.54. The van der Waals surface area contributed by atoms with Crippen LogP contribution < -0.4 is 0 Å². The summed E-state index contributed by atoms with van der Waals surface area (Å²) in [5.74, 6) is 0.0597. The van der Waals surface area contributed by atoms with E-state index in [0.29, 0.717) is 12.5 Å². The van der Waals surface area contributed by atoms with Crippen molar-refractivity contribution in [2.24, 2.45) is 5.92 Å². The minimum Gasteiger partial charge on any atom is -0.348 e. The Morgan fingerprint density at radius 2 is 1.97 bits per heavy atom. The van der Waals surface area contributed by atoms with Gasteiger partial charge in [0.1, 0.15) is 11.9 Å². The molecule has 2 aromatic rings. The van der Waals surface area contributed by atoms with E-state index in [9.17, 15) is 9.65 Å². The zero-order chi connectivity index (χ0) is 22.0. The van der Waals surface area contributed by atoms with E-state index >= 15 is 0 Å². The number of hydrogen-bond acceptors (Lipinski definition) is 6. The molecule has 2 saturated heterocycles. The first-order valence-corrected chi connectivity index (χ1v) is 10.7. The molecule has 6 nitrogen and oxygen atoms in total. The van der Waals surface area contributed by atoms with Crippen molar-refractivity contribution in [3.63, 3.8) is 0 Å². The standard InChI is InChI=1S/C24H29FN4O2/c1-16(28(2)3)29(22(13-26)18-5-4-10-27-14-18)15-21-11-19-12-23(31-24(19)30-21)17-6-8-20(25)9-7-17/h4-10,14,16,19,21-24H,11-12,15H2,1-3H3. The van der Waals surface area contributed by atoms with Gasteiger partial charge in [-0.2, -0.15) is 5.26 Å². The normalized spacial score (nSPS) is 27.3. The summed E-state index contributed by atoms with van der Waals surface area (Å²) in [6.45, 7) is 2.72. The highest BCUT2D eigenvalue weighted by molar-refractivity contribution is 5.21. The number of ether oxygens (including phenoxy) is 2. The minimum absolute atomic E-state index is 0.0147. The van der Waals surface area contributed by atoms with Gasteiger partial charge in [-0.1, -0.05) is 18.2 Å². The van der Waals surface area contributed by atoms with Crippen LogP contribution in [0.15, 0.2) is 48.8 Å². The van der Waals surface area contributed by atoms with E-state index in [0.717, 1.165) is 24.0 Å². The van der Waals surface area contributed by atoms with E-state index in [4.69, 9.17) is 9.47 Å². The van der Waals surface area contributed by atoms with Gasteiger partial charge in [-0.3, -0.25) is 14.8 Å². The van der Waals surface area contributed by atoms with Gasteiger partial charge in [-0.15, -0.1) is 0 Å². The lowest BCUT2D eigenvalue weighted by atomic mass is 9.96. The lowest BCUT2D eigenvalue weighted by Gasteiger charge is -2.38. The van der Waals surface area contributed by atoms with Crippen LogP contribution in [0.25, 0.3) is 0 Å². The van der Waals surface area contributed by atoms with Crippen molar-refractivity contribution in [2.45, 2.75) is 50.5 Å². The van der Waals surface area contributed by atoms with Crippen molar-refractivity contribution in [1.29, 1.82) is 5.26 Å². The average Bonchev–Trinajstić information content (AvgIpc) is 3.33. The van der Waals surface area contributed by atoms with Crippen LogP contribution in [0.1, 0.15) is 43.0 Å². The number of benzene rings is 1. The first-order valence-electron chi connectivity index (χ1n) is 10.7. The lowest BCUT2D eigenvalue weighted by Crippen LogP contribution is -2.47. The number of aromatic nitrogens is 1. The van der Waals surface area contributed by atoms with Crippen molar-refractivity contribution < 1.29 is 13.9 Å². The molecule has 0 amide bonds. The first kappa shape index (κ1) is 21.8. The smallest absolute Gasteiger partial charge is 0.161 e. The number of nitrogens with zero attached hydrogens (tertiary/aromatic N) is 4. The number of halogens is 1. The molecule has 0 spiro atoms. The molecule has 1 aromatic carbocycles. The Hall–Kier alpha value is -2.37. The Morgan fingerprint density at radius 1 is 1.19 bits per heavy atom. The second-order valence-electron chi connectivity index (χ2n) is 8.64. The molecule has 2 fully saturated rings. The Kier molecular flexibility index (Phi) is 6.63. The molecule has 7 heteroatoms. The van der Waals surface area contributed by atoms with Crippen molar-refractivity contribution in [2.75, 3.05) is 20.6 Å². The summed E-state index contributed by atoms with van der Waals surface area (Å²) in [5.41, 5.74) is 1.87. The number of fused-ring (bicyclic) bond motifs is 1. The molecule has 6 unspecified atom stereocenters. The van der Waals surface area contributed by atoms with Gasteiger partial charge in [-0.25, -0.2) is 4.39 Å². The quantitative estimate of drug-likeness (QED) is 0.629. The summed E-state index contributed by atoms with van der Waals surface area (Å²) in [7, 11) is 4.02. The number of nitriles is 1. The highest BCUT2D eigenvalue weighted by atomic mass is 19.1. The molecule has 0 aliphatic carbocycles. The van der Waals surface area contributed by atoms with Crippen LogP contribution in [0.2, 0.25) is 0 Å². The molecule has 0 saturated carbocycles. The Morgan fingerprint density at radius 3 is 2.58 bits per heavy atom. The molecular formula is C24H29FN4O2. The van der Waals surface area contributed by atoms with Gasteiger partial charge in [-0.05, 0) is 57.6 Å². The van der Waals surface area contributed by atoms with Crippen LogP contribution >= 0.6 is 0 Å². The van der Waals surface area contributed by atoms with E-state index in [1.807, 2.05) is 26.2 Å². The van der Waals surface area contributed by atoms with Gasteiger partial charge in [0.15, 0.2) is 6.29 Å². The fourth-order valence-electron chi connectivity index (χ4n) is 4.54. The molecular weight excluding hydrogens is 395 g/mol. The second kappa shape index (κ2) is 9.41. The summed E-state index contributed by atoms with van der Waals surface area (Å²) >= 11 is 0. The maximum Gasteiger partial charge on any atom is 0.161 e. The van der Waals surface area contributed by atoms with Crippen LogP contribution in [0.3, 0.4) is 0 Å². The summed E-state index contributed by atoms with van der Waals surface area (Å²) < 4.78 is 25.6. The van der Waals surface area contributed by atoms with Gasteiger partial charge >= 0.3 is 0 Å². The maximum absolute atomic E-state index is 13.2. The average molecular weight is 425 g/mol. The van der Waals surface area contributed by atoms with Gasteiger partial charge < -0.3 is 9.47 Å².